The highest BCUT2D eigenvalue weighted by molar-refractivity contribution is 7.87. The van der Waals surface area contributed by atoms with Crippen molar-refractivity contribution in [3.05, 3.63) is 42.1 Å². The molecule has 6 nitrogen and oxygen atoms in total. The highest BCUT2D eigenvalue weighted by Crippen LogP contribution is 2.16. The number of hydrogen-bond donors (Lipinski definition) is 3. The third-order valence-electron chi connectivity index (χ3n) is 2.57. The molecule has 0 fully saturated rings. The summed E-state index contributed by atoms with van der Waals surface area (Å²) in [6, 6.07) is 9.48. The molecule has 2 rings (SSSR count). The predicted octanol–water partition coefficient (Wildman–Crippen LogP) is 1.02. The van der Waals surface area contributed by atoms with Crippen molar-refractivity contribution in [2.45, 2.75) is 13.5 Å². The van der Waals surface area contributed by atoms with Crippen molar-refractivity contribution in [2.75, 3.05) is 6.54 Å². The fourth-order valence-electron chi connectivity index (χ4n) is 1.64. The Hall–Kier alpha value is -1.70. The summed E-state index contributed by atoms with van der Waals surface area (Å²) in [5.74, 6) is 0. The largest absolute Gasteiger partial charge is 0.278 e. The van der Waals surface area contributed by atoms with Gasteiger partial charge in [0.2, 0.25) is 0 Å². The molecule has 3 N–H and O–H groups in total. The maximum Gasteiger partial charge on any atom is 0.277 e. The number of nitrogens with one attached hydrogen (secondary N) is 3. The second kappa shape index (κ2) is 5.96. The Morgan fingerprint density at radius 1 is 1.16 bits per heavy atom. The quantitative estimate of drug-likeness (QED) is 0.738. The molecule has 7 heteroatoms. The second-order valence-corrected chi connectivity index (χ2v) is 5.57. The first-order valence-electron chi connectivity index (χ1n) is 5.93. The number of rotatable bonds is 6. The Bertz CT molecular complexity index is 606. The Balaban J connectivity index is 2.00. The lowest BCUT2D eigenvalue weighted by Crippen LogP contribution is -2.35. The predicted molar refractivity (Wildman–Crippen MR) is 73.5 cm³/mol. The van der Waals surface area contributed by atoms with Gasteiger partial charge in [0.05, 0.1) is 5.69 Å². The zero-order valence-corrected chi connectivity index (χ0v) is 11.4. The third kappa shape index (κ3) is 3.88. The van der Waals surface area contributed by atoms with Crippen molar-refractivity contribution in [3.8, 4) is 11.3 Å². The van der Waals surface area contributed by atoms with Crippen molar-refractivity contribution >= 4 is 10.2 Å². The molecule has 2 aromatic rings. The molecule has 19 heavy (non-hydrogen) atoms. The molecule has 0 radical (unpaired) electrons. The van der Waals surface area contributed by atoms with E-state index < -0.39 is 10.2 Å². The molecule has 1 heterocycles. The van der Waals surface area contributed by atoms with E-state index in [2.05, 4.69) is 19.6 Å². The molecular weight excluding hydrogens is 264 g/mol. The first-order valence-corrected chi connectivity index (χ1v) is 7.42. The summed E-state index contributed by atoms with van der Waals surface area (Å²) in [6.07, 6.45) is 1.69. The van der Waals surface area contributed by atoms with E-state index in [1.165, 1.54) is 0 Å². The average Bonchev–Trinajstić information content (AvgIpc) is 2.91. The van der Waals surface area contributed by atoms with E-state index in [1.54, 1.807) is 13.1 Å². The zero-order chi connectivity index (χ0) is 13.7. The molecule has 0 amide bonds. The minimum atomic E-state index is -3.40. The van der Waals surface area contributed by atoms with E-state index in [9.17, 15) is 8.42 Å². The number of benzene rings is 1. The van der Waals surface area contributed by atoms with Gasteiger partial charge in [-0.1, -0.05) is 31.2 Å². The monoisotopic (exact) mass is 280 g/mol. The van der Waals surface area contributed by atoms with Gasteiger partial charge in [0.1, 0.15) is 0 Å². The van der Waals surface area contributed by atoms with Crippen LogP contribution in [0, 0.1) is 0 Å². The van der Waals surface area contributed by atoms with Gasteiger partial charge in [-0.3, -0.25) is 5.10 Å². The number of H-pyrrole nitrogens is 1. The van der Waals surface area contributed by atoms with Crippen LogP contribution in [0.4, 0.5) is 0 Å². The summed E-state index contributed by atoms with van der Waals surface area (Å²) in [5, 5.41) is 6.76. The summed E-state index contributed by atoms with van der Waals surface area (Å²) in [4.78, 5) is 0. The lowest BCUT2D eigenvalue weighted by atomic mass is 10.1. The summed E-state index contributed by atoms with van der Waals surface area (Å²) < 4.78 is 27.7. The van der Waals surface area contributed by atoms with Crippen LogP contribution in [0.5, 0.6) is 0 Å². The summed E-state index contributed by atoms with van der Waals surface area (Å²) in [7, 11) is -3.40. The van der Waals surface area contributed by atoms with Crippen molar-refractivity contribution in [1.82, 2.24) is 19.6 Å². The van der Waals surface area contributed by atoms with Crippen LogP contribution in [0.2, 0.25) is 0 Å². The number of aromatic amines is 1. The van der Waals surface area contributed by atoms with Crippen LogP contribution >= 0.6 is 0 Å². The minimum absolute atomic E-state index is 0.262. The van der Waals surface area contributed by atoms with Crippen LogP contribution in [-0.4, -0.2) is 25.2 Å². The normalized spacial score (nSPS) is 11.6. The van der Waals surface area contributed by atoms with Gasteiger partial charge in [-0.2, -0.15) is 18.2 Å². The van der Waals surface area contributed by atoms with Crippen LogP contribution < -0.4 is 9.44 Å². The molecule has 0 aliphatic rings. The van der Waals surface area contributed by atoms with Crippen LogP contribution in [-0.2, 0) is 16.8 Å². The van der Waals surface area contributed by atoms with Gasteiger partial charge in [0, 0.05) is 19.3 Å². The van der Waals surface area contributed by atoms with E-state index in [0.29, 0.717) is 6.54 Å². The maximum atomic E-state index is 11.4. The zero-order valence-electron chi connectivity index (χ0n) is 10.6. The molecule has 1 aromatic carbocycles. The summed E-state index contributed by atoms with van der Waals surface area (Å²) in [6.45, 7) is 2.37. The van der Waals surface area contributed by atoms with Gasteiger partial charge in [-0.25, -0.2) is 4.72 Å². The average molecular weight is 280 g/mol. The fraction of sp³-hybridized carbons (Fsp3) is 0.250. The van der Waals surface area contributed by atoms with Crippen LogP contribution in [0.3, 0.4) is 0 Å². The molecule has 0 spiro atoms. The molecular formula is C12H16N4O2S. The molecule has 0 saturated carbocycles. The first kappa shape index (κ1) is 13.7. The molecule has 102 valence electrons. The lowest BCUT2D eigenvalue weighted by Gasteiger charge is -2.07. The standard InChI is InChI=1S/C12H16N4O2S/c1-2-14-19(17,18)15-9-10-3-5-11(6-4-10)12-7-8-13-16-12/h3-8,14-15H,2,9H2,1H3,(H,13,16). The number of nitrogens with zero attached hydrogens (tertiary/aromatic N) is 1. The van der Waals surface area contributed by atoms with E-state index >= 15 is 0 Å². The van der Waals surface area contributed by atoms with Gasteiger partial charge in [0.25, 0.3) is 10.2 Å². The van der Waals surface area contributed by atoms with Crippen LogP contribution in [0.15, 0.2) is 36.5 Å². The smallest absolute Gasteiger partial charge is 0.277 e. The van der Waals surface area contributed by atoms with Crippen molar-refractivity contribution in [3.63, 3.8) is 0 Å². The fourth-order valence-corrected chi connectivity index (χ4v) is 2.48. The Morgan fingerprint density at radius 3 is 2.47 bits per heavy atom. The lowest BCUT2D eigenvalue weighted by molar-refractivity contribution is 0.568. The summed E-state index contributed by atoms with van der Waals surface area (Å²) in [5.41, 5.74) is 2.83. The topological polar surface area (TPSA) is 86.9 Å². The van der Waals surface area contributed by atoms with Crippen LogP contribution in [0.25, 0.3) is 11.3 Å². The highest BCUT2D eigenvalue weighted by atomic mass is 32.2. The van der Waals surface area contributed by atoms with Gasteiger partial charge < -0.3 is 0 Å². The van der Waals surface area contributed by atoms with E-state index in [4.69, 9.17) is 0 Å². The van der Waals surface area contributed by atoms with Gasteiger partial charge in [-0.05, 0) is 17.2 Å². The first-order chi connectivity index (χ1) is 9.11. The molecule has 0 saturated heterocycles. The van der Waals surface area contributed by atoms with Crippen molar-refractivity contribution in [2.24, 2.45) is 0 Å². The highest BCUT2D eigenvalue weighted by Gasteiger charge is 2.07. The molecule has 1 aromatic heterocycles. The minimum Gasteiger partial charge on any atom is -0.278 e. The van der Waals surface area contributed by atoms with E-state index in [0.717, 1.165) is 16.8 Å². The Kier molecular flexibility index (Phi) is 4.31. The Morgan fingerprint density at radius 2 is 1.89 bits per heavy atom. The molecule has 0 atom stereocenters. The number of aromatic nitrogens is 2. The SMILES string of the molecule is CCNS(=O)(=O)NCc1ccc(-c2ccn[nH]2)cc1. The van der Waals surface area contributed by atoms with E-state index in [1.807, 2.05) is 30.3 Å². The van der Waals surface area contributed by atoms with Crippen molar-refractivity contribution < 1.29 is 8.42 Å². The number of hydrogen-bond acceptors (Lipinski definition) is 3. The maximum absolute atomic E-state index is 11.4. The molecule has 0 unspecified atom stereocenters. The summed E-state index contributed by atoms with van der Waals surface area (Å²) >= 11 is 0. The van der Waals surface area contributed by atoms with Gasteiger partial charge >= 0.3 is 0 Å². The third-order valence-corrected chi connectivity index (χ3v) is 3.76. The van der Waals surface area contributed by atoms with Gasteiger partial charge in [-0.15, -0.1) is 0 Å². The molecule has 0 bridgehead atoms. The Labute approximate surface area is 112 Å². The van der Waals surface area contributed by atoms with Crippen LogP contribution in [0.1, 0.15) is 12.5 Å². The van der Waals surface area contributed by atoms with E-state index in [-0.39, 0.29) is 6.54 Å². The molecule has 0 aliphatic heterocycles. The van der Waals surface area contributed by atoms with Crippen molar-refractivity contribution in [1.29, 1.82) is 0 Å². The van der Waals surface area contributed by atoms with Gasteiger partial charge in [0.15, 0.2) is 0 Å². The second-order valence-electron chi connectivity index (χ2n) is 3.99. The molecule has 0 aliphatic carbocycles.